The van der Waals surface area contributed by atoms with Gasteiger partial charge in [-0.05, 0) is 44.0 Å². The van der Waals surface area contributed by atoms with E-state index in [0.717, 1.165) is 16.9 Å². The fourth-order valence-corrected chi connectivity index (χ4v) is 1.59. The summed E-state index contributed by atoms with van der Waals surface area (Å²) in [6.07, 6.45) is 0.0120. The summed E-state index contributed by atoms with van der Waals surface area (Å²) < 4.78 is 5.23. The fourth-order valence-electron chi connectivity index (χ4n) is 1.59. The summed E-state index contributed by atoms with van der Waals surface area (Å²) in [5.74, 6) is 0.887. The monoisotopic (exact) mass is 204 g/mol. The average molecular weight is 204 g/mol. The number of fused-ring (bicyclic) bond motifs is 1. The third kappa shape index (κ3) is 1.75. The number of H-pyrrole nitrogens is 1. The highest BCUT2D eigenvalue weighted by atomic mass is 16.5. The smallest absolute Gasteiger partial charge is 0.136 e. The number of benzene rings is 1. The summed E-state index contributed by atoms with van der Waals surface area (Å²) >= 11 is 0. The van der Waals surface area contributed by atoms with Gasteiger partial charge in [-0.2, -0.15) is 0 Å². The van der Waals surface area contributed by atoms with Crippen LogP contribution in [0.25, 0.3) is 11.0 Å². The molecule has 3 nitrogen and oxygen atoms in total. The molecule has 15 heavy (non-hydrogen) atoms. The Balaban J connectivity index is 2.56. The van der Waals surface area contributed by atoms with Crippen LogP contribution in [0, 0.1) is 13.8 Å². The van der Waals surface area contributed by atoms with Gasteiger partial charge in [0, 0.05) is 7.11 Å². The quantitative estimate of drug-likeness (QED) is 0.816. The van der Waals surface area contributed by atoms with Crippen molar-refractivity contribution < 1.29 is 4.74 Å². The molecule has 3 heteroatoms. The molecule has 0 aliphatic carbocycles. The van der Waals surface area contributed by atoms with E-state index in [1.165, 1.54) is 11.1 Å². The molecular weight excluding hydrogens is 188 g/mol. The summed E-state index contributed by atoms with van der Waals surface area (Å²) in [6.45, 7) is 6.19. The van der Waals surface area contributed by atoms with E-state index in [0.29, 0.717) is 0 Å². The number of aromatic amines is 1. The molecule has 0 aliphatic rings. The highest BCUT2D eigenvalue weighted by molar-refractivity contribution is 5.77. The maximum atomic E-state index is 5.23. The van der Waals surface area contributed by atoms with Gasteiger partial charge in [0.25, 0.3) is 0 Å². The van der Waals surface area contributed by atoms with Crippen molar-refractivity contribution in [2.45, 2.75) is 26.9 Å². The molecule has 1 aromatic heterocycles. The lowest BCUT2D eigenvalue weighted by Crippen LogP contribution is -1.97. The highest BCUT2D eigenvalue weighted by Gasteiger charge is 2.10. The van der Waals surface area contributed by atoms with Gasteiger partial charge >= 0.3 is 0 Å². The normalized spacial score (nSPS) is 13.3. The van der Waals surface area contributed by atoms with Gasteiger partial charge in [0.1, 0.15) is 11.9 Å². The molecular formula is C12H16N2O. The molecule has 1 unspecified atom stereocenters. The van der Waals surface area contributed by atoms with Crippen LogP contribution in [-0.4, -0.2) is 17.1 Å². The first-order valence-electron chi connectivity index (χ1n) is 5.11. The topological polar surface area (TPSA) is 37.9 Å². The number of nitrogens with zero attached hydrogens (tertiary/aromatic N) is 1. The van der Waals surface area contributed by atoms with Crippen molar-refractivity contribution in [3.63, 3.8) is 0 Å². The molecule has 0 spiro atoms. The summed E-state index contributed by atoms with van der Waals surface area (Å²) in [6, 6.07) is 4.23. The van der Waals surface area contributed by atoms with E-state index < -0.39 is 0 Å². The number of ether oxygens (including phenoxy) is 1. The molecule has 80 valence electrons. The molecule has 0 saturated carbocycles. The largest absolute Gasteiger partial charge is 0.374 e. The average Bonchev–Trinajstić information content (AvgIpc) is 2.60. The van der Waals surface area contributed by atoms with Crippen LogP contribution in [0.5, 0.6) is 0 Å². The molecule has 1 heterocycles. The van der Waals surface area contributed by atoms with Crippen molar-refractivity contribution in [3.8, 4) is 0 Å². The SMILES string of the molecule is COC(C)c1nc2cc(C)c(C)cc2[nH]1. The molecule has 0 saturated heterocycles. The molecule has 0 radical (unpaired) electrons. The third-order valence-electron chi connectivity index (χ3n) is 2.85. The lowest BCUT2D eigenvalue weighted by molar-refractivity contribution is 0.113. The highest BCUT2D eigenvalue weighted by Crippen LogP contribution is 2.20. The summed E-state index contributed by atoms with van der Waals surface area (Å²) in [5.41, 5.74) is 4.64. The zero-order chi connectivity index (χ0) is 11.0. The van der Waals surface area contributed by atoms with Crippen LogP contribution < -0.4 is 0 Å². The number of imidazole rings is 1. The van der Waals surface area contributed by atoms with Crippen LogP contribution in [0.4, 0.5) is 0 Å². The Kier molecular flexibility index (Phi) is 2.49. The number of aromatic nitrogens is 2. The van der Waals surface area contributed by atoms with Crippen LogP contribution >= 0.6 is 0 Å². The van der Waals surface area contributed by atoms with Crippen LogP contribution in [0.1, 0.15) is 30.0 Å². The Morgan fingerprint density at radius 3 is 2.60 bits per heavy atom. The minimum Gasteiger partial charge on any atom is -0.374 e. The van der Waals surface area contributed by atoms with E-state index in [1.54, 1.807) is 7.11 Å². The molecule has 0 fully saturated rings. The number of methoxy groups -OCH3 is 1. The van der Waals surface area contributed by atoms with Gasteiger partial charge in [0.05, 0.1) is 11.0 Å². The Morgan fingerprint density at radius 2 is 1.93 bits per heavy atom. The molecule has 2 rings (SSSR count). The standard InChI is InChI=1S/C12H16N2O/c1-7-5-10-11(6-8(7)2)14-12(13-10)9(3)15-4/h5-6,9H,1-4H3,(H,13,14). The van der Waals surface area contributed by atoms with Crippen molar-refractivity contribution in [2.24, 2.45) is 0 Å². The van der Waals surface area contributed by atoms with E-state index in [1.807, 2.05) is 6.92 Å². The maximum absolute atomic E-state index is 5.23. The van der Waals surface area contributed by atoms with Crippen molar-refractivity contribution in [2.75, 3.05) is 7.11 Å². The van der Waals surface area contributed by atoms with E-state index >= 15 is 0 Å². The minimum absolute atomic E-state index is 0.0120. The number of hydrogen-bond donors (Lipinski definition) is 1. The first-order valence-corrected chi connectivity index (χ1v) is 5.11. The molecule has 1 N–H and O–H groups in total. The van der Waals surface area contributed by atoms with Crippen molar-refractivity contribution in [3.05, 3.63) is 29.1 Å². The van der Waals surface area contributed by atoms with Gasteiger partial charge in [-0.15, -0.1) is 0 Å². The van der Waals surface area contributed by atoms with Gasteiger partial charge in [0.2, 0.25) is 0 Å². The van der Waals surface area contributed by atoms with Crippen molar-refractivity contribution >= 4 is 11.0 Å². The lowest BCUT2D eigenvalue weighted by atomic mass is 10.1. The Hall–Kier alpha value is -1.35. The number of rotatable bonds is 2. The van der Waals surface area contributed by atoms with E-state index in [-0.39, 0.29) is 6.10 Å². The summed E-state index contributed by atoms with van der Waals surface area (Å²) in [7, 11) is 1.69. The molecule has 0 amide bonds. The third-order valence-corrected chi connectivity index (χ3v) is 2.85. The zero-order valence-electron chi connectivity index (χ0n) is 9.59. The Morgan fingerprint density at radius 1 is 1.27 bits per heavy atom. The second-order valence-electron chi connectivity index (χ2n) is 3.95. The predicted octanol–water partition coefficient (Wildman–Crippen LogP) is 2.89. The van der Waals surface area contributed by atoms with Crippen molar-refractivity contribution in [1.29, 1.82) is 0 Å². The van der Waals surface area contributed by atoms with Gasteiger partial charge in [-0.3, -0.25) is 0 Å². The first kappa shape index (κ1) is 10.2. The Bertz CT molecular complexity index is 449. The Labute approximate surface area is 89.5 Å². The first-order chi connectivity index (χ1) is 7.11. The molecule has 1 aromatic carbocycles. The van der Waals surface area contributed by atoms with E-state index in [4.69, 9.17) is 4.74 Å². The van der Waals surface area contributed by atoms with Gasteiger partial charge in [-0.25, -0.2) is 4.98 Å². The van der Waals surface area contributed by atoms with Crippen LogP contribution in [0.2, 0.25) is 0 Å². The summed E-state index contributed by atoms with van der Waals surface area (Å²) in [5, 5.41) is 0. The predicted molar refractivity (Wildman–Crippen MR) is 61.0 cm³/mol. The number of nitrogens with one attached hydrogen (secondary N) is 1. The molecule has 2 aromatic rings. The van der Waals surface area contributed by atoms with Crippen LogP contribution in [0.3, 0.4) is 0 Å². The van der Waals surface area contributed by atoms with Gasteiger partial charge < -0.3 is 9.72 Å². The molecule has 1 atom stereocenters. The number of hydrogen-bond acceptors (Lipinski definition) is 2. The molecule has 0 bridgehead atoms. The van der Waals surface area contributed by atoms with Crippen LogP contribution in [0.15, 0.2) is 12.1 Å². The minimum atomic E-state index is 0.0120. The van der Waals surface area contributed by atoms with Crippen LogP contribution in [-0.2, 0) is 4.74 Å². The van der Waals surface area contributed by atoms with Crippen molar-refractivity contribution in [1.82, 2.24) is 9.97 Å². The molecule has 0 aliphatic heterocycles. The second-order valence-corrected chi connectivity index (χ2v) is 3.95. The van der Waals surface area contributed by atoms with Gasteiger partial charge in [-0.1, -0.05) is 0 Å². The fraction of sp³-hybridized carbons (Fsp3) is 0.417. The summed E-state index contributed by atoms with van der Waals surface area (Å²) in [4.78, 5) is 7.78. The maximum Gasteiger partial charge on any atom is 0.136 e. The lowest BCUT2D eigenvalue weighted by Gasteiger charge is -2.03. The van der Waals surface area contributed by atoms with E-state index in [9.17, 15) is 0 Å². The number of aryl methyl sites for hydroxylation is 2. The van der Waals surface area contributed by atoms with E-state index in [2.05, 4.69) is 35.9 Å². The second kappa shape index (κ2) is 3.66. The zero-order valence-corrected chi connectivity index (χ0v) is 9.59. The van der Waals surface area contributed by atoms with Gasteiger partial charge in [0.15, 0.2) is 0 Å².